The van der Waals surface area contributed by atoms with Crippen molar-refractivity contribution in [3.8, 4) is 11.1 Å². The Morgan fingerprint density at radius 1 is 1.12 bits per heavy atom. The maximum atomic E-state index is 11.9. The van der Waals surface area contributed by atoms with E-state index < -0.39 is 0 Å². The van der Waals surface area contributed by atoms with Crippen LogP contribution < -0.4 is 5.56 Å². The minimum atomic E-state index is -0.0601. The van der Waals surface area contributed by atoms with E-state index in [0.717, 1.165) is 11.1 Å². The molecule has 0 N–H and O–H groups in total. The molecule has 3 rings (SSSR count). The molecule has 0 saturated carbocycles. The SMILES string of the molecule is Cn1cc(-c2cc3c(=O)n(C)cnn3c2)cn1. The standard InChI is InChI=1S/C11H11N5O/c1-14-7-13-16-6-8(3-10(16)11(14)17)9-4-12-15(2)5-9/h3-7H,1-2H3. The molecule has 0 spiro atoms. The third kappa shape index (κ3) is 1.45. The van der Waals surface area contributed by atoms with Gasteiger partial charge in [0, 0.05) is 37.6 Å². The second kappa shape index (κ2) is 3.31. The quantitative estimate of drug-likeness (QED) is 0.608. The lowest BCUT2D eigenvalue weighted by Gasteiger charge is -1.95. The van der Waals surface area contributed by atoms with Crippen LogP contribution in [-0.4, -0.2) is 24.0 Å². The summed E-state index contributed by atoms with van der Waals surface area (Å²) >= 11 is 0. The highest BCUT2D eigenvalue weighted by molar-refractivity contribution is 5.68. The monoisotopic (exact) mass is 229 g/mol. The molecule has 3 aromatic rings. The van der Waals surface area contributed by atoms with Crippen molar-refractivity contribution in [3.63, 3.8) is 0 Å². The first-order valence-electron chi connectivity index (χ1n) is 5.18. The van der Waals surface area contributed by atoms with Gasteiger partial charge in [-0.1, -0.05) is 0 Å². The van der Waals surface area contributed by atoms with Crippen molar-refractivity contribution in [2.24, 2.45) is 14.1 Å². The smallest absolute Gasteiger partial charge is 0.277 e. The van der Waals surface area contributed by atoms with Gasteiger partial charge in [-0.05, 0) is 6.07 Å². The van der Waals surface area contributed by atoms with Crippen LogP contribution in [0.1, 0.15) is 0 Å². The van der Waals surface area contributed by atoms with Crippen LogP contribution in [0.25, 0.3) is 16.6 Å². The topological polar surface area (TPSA) is 57.1 Å². The van der Waals surface area contributed by atoms with Crippen molar-refractivity contribution in [3.05, 3.63) is 41.3 Å². The molecule has 0 atom stereocenters. The van der Waals surface area contributed by atoms with Crippen LogP contribution in [0.15, 0.2) is 35.8 Å². The van der Waals surface area contributed by atoms with Gasteiger partial charge in [-0.3, -0.25) is 14.0 Å². The van der Waals surface area contributed by atoms with Crippen molar-refractivity contribution >= 4 is 5.52 Å². The zero-order chi connectivity index (χ0) is 12.0. The van der Waals surface area contributed by atoms with Crippen LogP contribution in [0.4, 0.5) is 0 Å². The number of rotatable bonds is 1. The number of aryl methyl sites for hydroxylation is 2. The zero-order valence-corrected chi connectivity index (χ0v) is 9.53. The predicted molar refractivity (Wildman–Crippen MR) is 62.6 cm³/mol. The lowest BCUT2D eigenvalue weighted by Crippen LogP contribution is -2.19. The molecule has 0 aliphatic carbocycles. The molecule has 0 aliphatic heterocycles. The molecule has 0 saturated heterocycles. The normalized spacial score (nSPS) is 11.2. The highest BCUT2D eigenvalue weighted by Gasteiger charge is 2.08. The average Bonchev–Trinajstić information content (AvgIpc) is 2.90. The highest BCUT2D eigenvalue weighted by Crippen LogP contribution is 2.19. The van der Waals surface area contributed by atoms with Crippen LogP contribution in [0.2, 0.25) is 0 Å². The summed E-state index contributed by atoms with van der Waals surface area (Å²) in [6.07, 6.45) is 6.99. The van der Waals surface area contributed by atoms with E-state index in [1.807, 2.05) is 25.5 Å². The van der Waals surface area contributed by atoms with Gasteiger partial charge in [0.15, 0.2) is 0 Å². The first-order chi connectivity index (χ1) is 8.15. The van der Waals surface area contributed by atoms with Gasteiger partial charge in [-0.2, -0.15) is 10.2 Å². The number of hydrogen-bond donors (Lipinski definition) is 0. The van der Waals surface area contributed by atoms with E-state index in [0.29, 0.717) is 5.52 Å². The van der Waals surface area contributed by atoms with Gasteiger partial charge in [-0.15, -0.1) is 0 Å². The van der Waals surface area contributed by atoms with E-state index >= 15 is 0 Å². The van der Waals surface area contributed by atoms with Gasteiger partial charge < -0.3 is 0 Å². The lowest BCUT2D eigenvalue weighted by molar-refractivity contribution is 0.764. The molecule has 0 aromatic carbocycles. The fourth-order valence-electron chi connectivity index (χ4n) is 1.80. The molecule has 0 aliphatic rings. The second-order valence-corrected chi connectivity index (χ2v) is 4.01. The Morgan fingerprint density at radius 3 is 2.65 bits per heavy atom. The van der Waals surface area contributed by atoms with Crippen molar-refractivity contribution in [2.75, 3.05) is 0 Å². The second-order valence-electron chi connectivity index (χ2n) is 4.01. The van der Waals surface area contributed by atoms with Crippen LogP contribution in [0, 0.1) is 0 Å². The van der Waals surface area contributed by atoms with Gasteiger partial charge in [0.1, 0.15) is 11.8 Å². The number of aromatic nitrogens is 5. The van der Waals surface area contributed by atoms with E-state index in [-0.39, 0.29) is 5.56 Å². The van der Waals surface area contributed by atoms with Crippen molar-refractivity contribution in [1.82, 2.24) is 24.0 Å². The van der Waals surface area contributed by atoms with Crippen LogP contribution in [0.5, 0.6) is 0 Å². The minimum absolute atomic E-state index is 0.0601. The zero-order valence-electron chi connectivity index (χ0n) is 9.53. The Hall–Kier alpha value is -2.37. The van der Waals surface area contributed by atoms with E-state index in [1.165, 1.54) is 10.9 Å². The molecule has 6 nitrogen and oxygen atoms in total. The Kier molecular flexibility index (Phi) is 1.91. The summed E-state index contributed by atoms with van der Waals surface area (Å²) in [5, 5.41) is 8.25. The molecule has 86 valence electrons. The van der Waals surface area contributed by atoms with Crippen LogP contribution in [0.3, 0.4) is 0 Å². The fraction of sp³-hybridized carbons (Fsp3) is 0.182. The number of fused-ring (bicyclic) bond motifs is 1. The summed E-state index contributed by atoms with van der Waals surface area (Å²) in [6.45, 7) is 0. The third-order valence-electron chi connectivity index (χ3n) is 2.73. The molecule has 6 heteroatoms. The largest absolute Gasteiger partial charge is 0.299 e. The molecule has 0 fully saturated rings. The maximum Gasteiger partial charge on any atom is 0.277 e. The third-order valence-corrected chi connectivity index (χ3v) is 2.73. The van der Waals surface area contributed by atoms with Crippen LogP contribution >= 0.6 is 0 Å². The minimum Gasteiger partial charge on any atom is -0.299 e. The van der Waals surface area contributed by atoms with Gasteiger partial charge in [-0.25, -0.2) is 4.52 Å². The Labute approximate surface area is 96.7 Å². The molecule has 3 heterocycles. The summed E-state index contributed by atoms with van der Waals surface area (Å²) in [7, 11) is 3.54. The molecular formula is C11H11N5O. The Balaban J connectivity index is 2.27. The number of hydrogen-bond acceptors (Lipinski definition) is 3. The van der Waals surface area contributed by atoms with Crippen molar-refractivity contribution in [1.29, 1.82) is 0 Å². The first-order valence-corrected chi connectivity index (χ1v) is 5.18. The van der Waals surface area contributed by atoms with Crippen molar-refractivity contribution in [2.45, 2.75) is 0 Å². The highest BCUT2D eigenvalue weighted by atomic mass is 16.1. The average molecular weight is 229 g/mol. The maximum absolute atomic E-state index is 11.9. The summed E-state index contributed by atoms with van der Waals surface area (Å²) in [5.74, 6) is 0. The van der Waals surface area contributed by atoms with E-state index in [2.05, 4.69) is 10.2 Å². The Morgan fingerprint density at radius 2 is 1.94 bits per heavy atom. The van der Waals surface area contributed by atoms with Gasteiger partial charge in [0.25, 0.3) is 5.56 Å². The molecule has 17 heavy (non-hydrogen) atoms. The van der Waals surface area contributed by atoms with E-state index in [9.17, 15) is 4.79 Å². The summed E-state index contributed by atoms with van der Waals surface area (Å²) in [4.78, 5) is 11.9. The van der Waals surface area contributed by atoms with Crippen molar-refractivity contribution < 1.29 is 0 Å². The number of nitrogens with zero attached hydrogens (tertiary/aromatic N) is 5. The summed E-state index contributed by atoms with van der Waals surface area (Å²) < 4.78 is 4.77. The molecule has 0 unspecified atom stereocenters. The molecule has 0 radical (unpaired) electrons. The summed E-state index contributed by atoms with van der Waals surface area (Å²) in [5.41, 5.74) is 2.41. The Bertz CT molecular complexity index is 749. The molecule has 3 aromatic heterocycles. The predicted octanol–water partition coefficient (Wildman–Crippen LogP) is 0.433. The van der Waals surface area contributed by atoms with E-state index in [1.54, 1.807) is 22.4 Å². The van der Waals surface area contributed by atoms with Gasteiger partial charge in [0.2, 0.25) is 0 Å². The molecular weight excluding hydrogens is 218 g/mol. The van der Waals surface area contributed by atoms with Gasteiger partial charge >= 0.3 is 0 Å². The lowest BCUT2D eigenvalue weighted by atomic mass is 10.2. The van der Waals surface area contributed by atoms with E-state index in [4.69, 9.17) is 0 Å². The summed E-state index contributed by atoms with van der Waals surface area (Å²) in [6, 6.07) is 1.83. The first kappa shape index (κ1) is 9.83. The molecule has 0 amide bonds. The van der Waals surface area contributed by atoms with Crippen LogP contribution in [-0.2, 0) is 14.1 Å². The van der Waals surface area contributed by atoms with Gasteiger partial charge in [0.05, 0.1) is 6.20 Å². The fourth-order valence-corrected chi connectivity index (χ4v) is 1.80. The molecule has 0 bridgehead atoms.